The first kappa shape index (κ1) is 17.4. The summed E-state index contributed by atoms with van der Waals surface area (Å²) in [7, 11) is 0. The molecule has 1 aromatic rings. The van der Waals surface area contributed by atoms with E-state index < -0.39 is 5.41 Å². The van der Waals surface area contributed by atoms with Gasteiger partial charge in [-0.15, -0.1) is 0 Å². The third kappa shape index (κ3) is 3.95. The Labute approximate surface area is 143 Å². The zero-order chi connectivity index (χ0) is 17.2. The number of halogens is 1. The van der Waals surface area contributed by atoms with E-state index in [9.17, 15) is 9.18 Å². The molecule has 24 heavy (non-hydrogen) atoms. The Morgan fingerprint density at radius 1 is 1.25 bits per heavy atom. The van der Waals surface area contributed by atoms with E-state index in [4.69, 9.17) is 4.74 Å². The van der Waals surface area contributed by atoms with Gasteiger partial charge in [0.1, 0.15) is 5.82 Å². The Morgan fingerprint density at radius 3 is 2.46 bits per heavy atom. The zero-order valence-corrected chi connectivity index (χ0v) is 14.6. The Kier molecular flexibility index (Phi) is 5.21. The molecule has 0 spiro atoms. The van der Waals surface area contributed by atoms with Gasteiger partial charge in [0.25, 0.3) is 0 Å². The number of nitrogens with one attached hydrogen (secondary N) is 1. The van der Waals surface area contributed by atoms with Crippen LogP contribution in [0.4, 0.5) is 4.39 Å². The number of carbonyl (C=O) groups excluding carboxylic acids is 1. The molecule has 0 bridgehead atoms. The Bertz CT molecular complexity index is 561. The quantitative estimate of drug-likeness (QED) is 0.813. The number of carbonyl (C=O) groups is 1. The average molecular weight is 334 g/mol. The predicted octanol–water partition coefficient (Wildman–Crippen LogP) is 2.47. The monoisotopic (exact) mass is 334 g/mol. The Balaban J connectivity index is 1.43. The second kappa shape index (κ2) is 7.19. The highest BCUT2D eigenvalue weighted by atomic mass is 19.1. The second-order valence-electron chi connectivity index (χ2n) is 7.22. The summed E-state index contributed by atoms with van der Waals surface area (Å²) in [5, 5.41) is 3.07. The van der Waals surface area contributed by atoms with Gasteiger partial charge >= 0.3 is 0 Å². The fourth-order valence-corrected chi connectivity index (χ4v) is 3.68. The van der Waals surface area contributed by atoms with Gasteiger partial charge in [0.15, 0.2) is 0 Å². The molecule has 1 amide bonds. The number of hydrogen-bond donors (Lipinski definition) is 1. The van der Waals surface area contributed by atoms with Crippen LogP contribution in [0.5, 0.6) is 0 Å². The number of rotatable bonds is 6. The molecule has 2 unspecified atom stereocenters. The maximum Gasteiger partial charge on any atom is 0.230 e. The van der Waals surface area contributed by atoms with Gasteiger partial charge in [-0.05, 0) is 50.8 Å². The second-order valence-corrected chi connectivity index (χ2v) is 7.22. The summed E-state index contributed by atoms with van der Waals surface area (Å²) in [6.45, 7) is 7.77. The van der Waals surface area contributed by atoms with Crippen molar-refractivity contribution in [3.05, 3.63) is 35.6 Å². The zero-order valence-electron chi connectivity index (χ0n) is 14.6. The number of nitrogens with zero attached hydrogens (tertiary/aromatic N) is 1. The van der Waals surface area contributed by atoms with E-state index in [0.717, 1.165) is 44.5 Å². The standard InChI is InChI=1S/C19H27FN2O2/c1-14-12-22(13-15(2)24-14)11-3-10-21-18(23)19(8-9-19)16-4-6-17(20)7-5-16/h4-7,14-15H,3,8-13H2,1-2H3,(H,21,23). The minimum atomic E-state index is -0.421. The van der Waals surface area contributed by atoms with E-state index in [1.165, 1.54) is 12.1 Å². The summed E-state index contributed by atoms with van der Waals surface area (Å²) in [5.41, 5.74) is 0.507. The van der Waals surface area contributed by atoms with Crippen LogP contribution in [0.3, 0.4) is 0 Å². The van der Waals surface area contributed by atoms with Gasteiger partial charge in [-0.25, -0.2) is 4.39 Å². The highest BCUT2D eigenvalue weighted by Gasteiger charge is 2.50. The normalized spacial score (nSPS) is 26.1. The van der Waals surface area contributed by atoms with Crippen LogP contribution in [0.2, 0.25) is 0 Å². The fraction of sp³-hybridized carbons (Fsp3) is 0.632. The van der Waals surface area contributed by atoms with Crippen LogP contribution >= 0.6 is 0 Å². The number of amides is 1. The van der Waals surface area contributed by atoms with E-state index in [1.807, 2.05) is 0 Å². The molecule has 1 aromatic carbocycles. The van der Waals surface area contributed by atoms with Crippen LogP contribution in [0.1, 0.15) is 38.7 Å². The summed E-state index contributed by atoms with van der Waals surface area (Å²) in [5.74, 6) is -0.179. The minimum absolute atomic E-state index is 0.0813. The summed E-state index contributed by atoms with van der Waals surface area (Å²) < 4.78 is 18.8. The third-order valence-corrected chi connectivity index (χ3v) is 5.01. The molecule has 2 atom stereocenters. The SMILES string of the molecule is CC1CN(CCCNC(=O)C2(c3ccc(F)cc3)CC2)CC(C)O1. The van der Waals surface area contributed by atoms with Crippen LogP contribution in [-0.4, -0.2) is 49.2 Å². The van der Waals surface area contributed by atoms with E-state index in [0.29, 0.717) is 6.54 Å². The molecule has 1 aliphatic carbocycles. The van der Waals surface area contributed by atoms with Crippen LogP contribution < -0.4 is 5.32 Å². The first-order valence-corrected chi connectivity index (χ1v) is 8.92. The van der Waals surface area contributed by atoms with Gasteiger partial charge in [-0.1, -0.05) is 12.1 Å². The molecule has 2 fully saturated rings. The summed E-state index contributed by atoms with van der Waals surface area (Å²) in [4.78, 5) is 14.9. The number of ether oxygens (including phenoxy) is 1. The third-order valence-electron chi connectivity index (χ3n) is 5.01. The summed E-state index contributed by atoms with van der Waals surface area (Å²) in [6.07, 6.45) is 3.18. The minimum Gasteiger partial charge on any atom is -0.373 e. The molecule has 3 rings (SSSR count). The van der Waals surface area contributed by atoms with Gasteiger partial charge < -0.3 is 10.1 Å². The van der Waals surface area contributed by atoms with E-state index in [2.05, 4.69) is 24.1 Å². The summed E-state index contributed by atoms with van der Waals surface area (Å²) in [6, 6.07) is 6.34. The highest BCUT2D eigenvalue weighted by Crippen LogP contribution is 2.48. The molecule has 4 nitrogen and oxygen atoms in total. The maximum atomic E-state index is 13.1. The topological polar surface area (TPSA) is 41.6 Å². The lowest BCUT2D eigenvalue weighted by molar-refractivity contribution is -0.123. The van der Waals surface area contributed by atoms with Crippen LogP contribution in [0.25, 0.3) is 0 Å². The molecule has 1 N–H and O–H groups in total. The van der Waals surface area contributed by atoms with Crippen molar-refractivity contribution >= 4 is 5.91 Å². The van der Waals surface area contributed by atoms with Crippen molar-refractivity contribution in [1.82, 2.24) is 10.2 Å². The van der Waals surface area contributed by atoms with Crippen molar-refractivity contribution in [3.63, 3.8) is 0 Å². The molecule has 132 valence electrons. The fourth-order valence-electron chi connectivity index (χ4n) is 3.68. The smallest absolute Gasteiger partial charge is 0.230 e. The molecule has 1 heterocycles. The van der Waals surface area contributed by atoms with Crippen molar-refractivity contribution < 1.29 is 13.9 Å². The molecule has 0 aromatic heterocycles. The van der Waals surface area contributed by atoms with Crippen molar-refractivity contribution in [2.75, 3.05) is 26.2 Å². The molecule has 0 radical (unpaired) electrons. The van der Waals surface area contributed by atoms with E-state index in [-0.39, 0.29) is 23.9 Å². The van der Waals surface area contributed by atoms with Crippen molar-refractivity contribution in [2.45, 2.75) is 50.7 Å². The van der Waals surface area contributed by atoms with Crippen LogP contribution in [-0.2, 0) is 14.9 Å². The number of morpholine rings is 1. The van der Waals surface area contributed by atoms with Crippen LogP contribution in [0, 0.1) is 5.82 Å². The molecule has 1 saturated carbocycles. The first-order valence-electron chi connectivity index (χ1n) is 8.92. The Hall–Kier alpha value is -1.46. The molecular formula is C19H27FN2O2. The predicted molar refractivity (Wildman–Crippen MR) is 91.4 cm³/mol. The molecular weight excluding hydrogens is 307 g/mol. The maximum absolute atomic E-state index is 13.1. The van der Waals surface area contributed by atoms with Gasteiger partial charge in [-0.3, -0.25) is 9.69 Å². The molecule has 1 saturated heterocycles. The largest absolute Gasteiger partial charge is 0.373 e. The number of benzene rings is 1. The van der Waals surface area contributed by atoms with Gasteiger partial charge in [0, 0.05) is 26.2 Å². The number of hydrogen-bond acceptors (Lipinski definition) is 3. The van der Waals surface area contributed by atoms with Gasteiger partial charge in [0.2, 0.25) is 5.91 Å². The molecule has 5 heteroatoms. The average Bonchev–Trinajstić information content (AvgIpc) is 3.33. The molecule has 2 aliphatic rings. The highest BCUT2D eigenvalue weighted by molar-refractivity contribution is 5.91. The first-order chi connectivity index (χ1) is 11.5. The lowest BCUT2D eigenvalue weighted by Crippen LogP contribution is -2.46. The van der Waals surface area contributed by atoms with Gasteiger partial charge in [0.05, 0.1) is 17.6 Å². The Morgan fingerprint density at radius 2 is 1.88 bits per heavy atom. The summed E-state index contributed by atoms with van der Waals surface area (Å²) >= 11 is 0. The molecule has 1 aliphatic heterocycles. The lowest BCUT2D eigenvalue weighted by atomic mass is 9.95. The van der Waals surface area contributed by atoms with Crippen molar-refractivity contribution in [2.24, 2.45) is 0 Å². The van der Waals surface area contributed by atoms with Crippen LogP contribution in [0.15, 0.2) is 24.3 Å². The van der Waals surface area contributed by atoms with E-state index in [1.54, 1.807) is 12.1 Å². The van der Waals surface area contributed by atoms with Gasteiger partial charge in [-0.2, -0.15) is 0 Å². The van der Waals surface area contributed by atoms with E-state index >= 15 is 0 Å². The van der Waals surface area contributed by atoms with Crippen molar-refractivity contribution in [3.8, 4) is 0 Å². The lowest BCUT2D eigenvalue weighted by Gasteiger charge is -2.35. The van der Waals surface area contributed by atoms with Crippen molar-refractivity contribution in [1.29, 1.82) is 0 Å².